The van der Waals surface area contributed by atoms with Crippen molar-refractivity contribution in [1.82, 2.24) is 25.3 Å². The molecule has 0 aliphatic heterocycles. The van der Waals surface area contributed by atoms with Crippen molar-refractivity contribution >= 4 is 39.3 Å². The summed E-state index contributed by atoms with van der Waals surface area (Å²) >= 11 is 3.46. The fraction of sp³-hybridized carbons (Fsp3) is 0.263. The van der Waals surface area contributed by atoms with E-state index in [1.807, 2.05) is 24.3 Å². The van der Waals surface area contributed by atoms with Gasteiger partial charge in [-0.25, -0.2) is 9.97 Å². The molecule has 0 saturated carbocycles. The number of nitrogens with one attached hydrogen (secondary N) is 4. The molecular weight excluding hydrogens is 422 g/mol. The van der Waals surface area contributed by atoms with E-state index in [-0.39, 0.29) is 13.3 Å². The minimum atomic E-state index is -0.0159. The summed E-state index contributed by atoms with van der Waals surface area (Å²) in [5, 5.41) is 9.07. The second kappa shape index (κ2) is 10.4. The average Bonchev–Trinajstić information content (AvgIpc) is 3.19. The molecule has 0 atom stereocenters. The van der Waals surface area contributed by atoms with Crippen molar-refractivity contribution in [1.29, 1.82) is 0 Å². The number of rotatable bonds is 8. The van der Waals surface area contributed by atoms with Crippen LogP contribution in [0.2, 0.25) is 0 Å². The molecule has 2 aromatic heterocycles. The predicted molar refractivity (Wildman–Crippen MR) is 115 cm³/mol. The number of halogens is 1. The molecule has 4 N–H and O–H groups in total. The van der Waals surface area contributed by atoms with Gasteiger partial charge in [0.05, 0.1) is 17.2 Å². The van der Waals surface area contributed by atoms with Crippen molar-refractivity contribution in [3.63, 3.8) is 0 Å². The molecule has 1 aromatic carbocycles. The van der Waals surface area contributed by atoms with Crippen LogP contribution in [0, 0.1) is 0 Å². The minimum absolute atomic E-state index is 0. The summed E-state index contributed by atoms with van der Waals surface area (Å²) < 4.78 is 0.790. The molecule has 2 heterocycles. The molecule has 8 nitrogen and oxygen atoms in total. The van der Waals surface area contributed by atoms with Crippen LogP contribution >= 0.6 is 15.9 Å². The maximum Gasteiger partial charge on any atom is 0.229 e. The number of nitrogens with zero attached hydrogens (tertiary/aromatic N) is 3. The van der Waals surface area contributed by atoms with Crippen LogP contribution in [0.15, 0.2) is 47.5 Å². The summed E-state index contributed by atoms with van der Waals surface area (Å²) in [6.45, 7) is 0.714. The van der Waals surface area contributed by atoms with Crippen molar-refractivity contribution < 1.29 is 4.79 Å². The third kappa shape index (κ3) is 6.05. The Morgan fingerprint density at radius 3 is 2.68 bits per heavy atom. The van der Waals surface area contributed by atoms with Crippen molar-refractivity contribution in [3.05, 3.63) is 58.7 Å². The Morgan fingerprint density at radius 1 is 1.21 bits per heavy atom. The first kappa shape index (κ1) is 21.4. The van der Waals surface area contributed by atoms with Gasteiger partial charge in [0, 0.05) is 43.8 Å². The van der Waals surface area contributed by atoms with Crippen molar-refractivity contribution in [2.75, 3.05) is 24.2 Å². The quantitative estimate of drug-likeness (QED) is 0.423. The van der Waals surface area contributed by atoms with Crippen LogP contribution < -0.4 is 16.0 Å². The second-order valence-corrected chi connectivity index (χ2v) is 6.67. The number of hydrogen-bond acceptors (Lipinski definition) is 6. The number of anilines is 3. The van der Waals surface area contributed by atoms with Gasteiger partial charge in [-0.1, -0.05) is 19.6 Å². The molecule has 0 spiro atoms. The van der Waals surface area contributed by atoms with E-state index in [2.05, 4.69) is 51.8 Å². The summed E-state index contributed by atoms with van der Waals surface area (Å²) in [7, 11) is 1.63. The molecule has 0 unspecified atom stereocenters. The number of amides is 1. The number of likely N-dealkylation sites (N-methyl/N-ethyl adjacent to an activating group) is 1. The number of imidazole rings is 1. The minimum Gasteiger partial charge on any atom is -0.369 e. The Balaban J connectivity index is 0.00000280. The average molecular weight is 446 g/mol. The monoisotopic (exact) mass is 445 g/mol. The largest absolute Gasteiger partial charge is 0.369 e. The third-order valence-corrected chi connectivity index (χ3v) is 4.42. The van der Waals surface area contributed by atoms with E-state index in [9.17, 15) is 4.79 Å². The van der Waals surface area contributed by atoms with Gasteiger partial charge >= 0.3 is 0 Å². The van der Waals surface area contributed by atoms with Gasteiger partial charge in [0.2, 0.25) is 11.9 Å². The van der Waals surface area contributed by atoms with Gasteiger partial charge in [-0.2, -0.15) is 4.98 Å². The van der Waals surface area contributed by atoms with E-state index < -0.39 is 0 Å². The van der Waals surface area contributed by atoms with Gasteiger partial charge in [-0.05, 0) is 33.6 Å². The number of aromatic nitrogens is 4. The topological polar surface area (TPSA) is 108 Å². The van der Waals surface area contributed by atoms with E-state index in [1.54, 1.807) is 25.8 Å². The van der Waals surface area contributed by atoms with Gasteiger partial charge in [0.1, 0.15) is 5.82 Å². The van der Waals surface area contributed by atoms with Gasteiger partial charge in [-0.3, -0.25) is 4.79 Å². The number of H-pyrrole nitrogens is 1. The molecule has 0 fully saturated rings. The molecule has 0 aliphatic carbocycles. The van der Waals surface area contributed by atoms with Crippen molar-refractivity contribution in [2.45, 2.75) is 20.3 Å². The van der Waals surface area contributed by atoms with Crippen LogP contribution in [0.4, 0.5) is 17.5 Å². The Bertz CT molecular complexity index is 882. The highest BCUT2D eigenvalue weighted by molar-refractivity contribution is 9.10. The maximum atomic E-state index is 11.4. The SMILES string of the molecule is C.CNC(=O)Cc1ccc(Nc2ncc(Br)c(NCCc3cnc[nH]3)n2)cc1. The van der Waals surface area contributed by atoms with E-state index >= 15 is 0 Å². The lowest BCUT2D eigenvalue weighted by atomic mass is 10.1. The van der Waals surface area contributed by atoms with E-state index in [4.69, 9.17) is 0 Å². The highest BCUT2D eigenvalue weighted by atomic mass is 79.9. The van der Waals surface area contributed by atoms with Crippen molar-refractivity contribution in [2.24, 2.45) is 0 Å². The Morgan fingerprint density at radius 2 is 2.00 bits per heavy atom. The van der Waals surface area contributed by atoms with E-state index in [0.29, 0.717) is 24.7 Å². The van der Waals surface area contributed by atoms with Crippen LogP contribution in [0.5, 0.6) is 0 Å². The summed E-state index contributed by atoms with van der Waals surface area (Å²) in [6.07, 6.45) is 6.34. The summed E-state index contributed by atoms with van der Waals surface area (Å²) in [4.78, 5) is 27.3. The van der Waals surface area contributed by atoms with Gasteiger partial charge < -0.3 is 20.9 Å². The molecule has 0 radical (unpaired) electrons. The molecule has 9 heteroatoms. The molecular formula is C19H24BrN7O. The lowest BCUT2D eigenvalue weighted by molar-refractivity contribution is -0.119. The first-order valence-electron chi connectivity index (χ1n) is 8.44. The molecule has 0 aliphatic rings. The zero-order valence-corrected chi connectivity index (χ0v) is 16.4. The molecule has 0 bridgehead atoms. The maximum absolute atomic E-state index is 11.4. The van der Waals surface area contributed by atoms with Gasteiger partial charge in [-0.15, -0.1) is 0 Å². The predicted octanol–water partition coefficient (Wildman–Crippen LogP) is 3.29. The fourth-order valence-electron chi connectivity index (χ4n) is 2.40. The normalized spacial score (nSPS) is 10.1. The number of hydrogen-bond donors (Lipinski definition) is 4. The molecule has 1 amide bonds. The fourth-order valence-corrected chi connectivity index (χ4v) is 2.73. The van der Waals surface area contributed by atoms with Crippen LogP contribution in [0.1, 0.15) is 18.7 Å². The third-order valence-electron chi connectivity index (χ3n) is 3.84. The lowest BCUT2D eigenvalue weighted by Crippen LogP contribution is -2.19. The van der Waals surface area contributed by atoms with Crippen LogP contribution in [0.3, 0.4) is 0 Å². The molecule has 148 valence electrons. The highest BCUT2D eigenvalue weighted by Crippen LogP contribution is 2.22. The standard InChI is InChI=1S/C18H20BrN7O.CH4/c1-20-16(27)8-12-2-4-13(5-3-12)25-18-23-10-15(19)17(26-18)22-7-6-14-9-21-11-24-14;/h2-5,9-11H,6-8H2,1H3,(H,20,27)(H,21,24)(H2,22,23,25,26);1H4. The Hall–Kier alpha value is -2.94. The van der Waals surface area contributed by atoms with Gasteiger partial charge in [0.25, 0.3) is 0 Å². The first-order valence-corrected chi connectivity index (χ1v) is 9.23. The van der Waals surface area contributed by atoms with Crippen molar-refractivity contribution in [3.8, 4) is 0 Å². The zero-order valence-electron chi connectivity index (χ0n) is 14.8. The molecule has 28 heavy (non-hydrogen) atoms. The number of carbonyl (C=O) groups is 1. The molecule has 3 rings (SSSR count). The van der Waals surface area contributed by atoms with E-state index in [0.717, 1.165) is 27.8 Å². The number of aromatic amines is 1. The van der Waals surface area contributed by atoms with Crippen LogP contribution in [0.25, 0.3) is 0 Å². The zero-order chi connectivity index (χ0) is 19.1. The summed E-state index contributed by atoms with van der Waals surface area (Å²) in [5.74, 6) is 1.18. The lowest BCUT2D eigenvalue weighted by Gasteiger charge is -2.10. The Labute approximate surface area is 172 Å². The molecule has 3 aromatic rings. The highest BCUT2D eigenvalue weighted by Gasteiger charge is 2.06. The Kier molecular flexibility index (Phi) is 7.94. The number of carbonyl (C=O) groups excluding carboxylic acids is 1. The summed E-state index contributed by atoms with van der Waals surface area (Å²) in [6, 6.07) is 7.60. The van der Waals surface area contributed by atoms with Crippen LogP contribution in [-0.4, -0.2) is 39.4 Å². The van der Waals surface area contributed by atoms with Crippen LogP contribution in [-0.2, 0) is 17.6 Å². The van der Waals surface area contributed by atoms with E-state index in [1.165, 1.54) is 0 Å². The summed E-state index contributed by atoms with van der Waals surface area (Å²) in [5.41, 5.74) is 2.85. The number of benzene rings is 1. The molecule has 0 saturated heterocycles. The second-order valence-electron chi connectivity index (χ2n) is 5.82. The first-order chi connectivity index (χ1) is 13.1. The smallest absolute Gasteiger partial charge is 0.229 e. The van der Waals surface area contributed by atoms with Gasteiger partial charge in [0.15, 0.2) is 0 Å².